The van der Waals surface area contributed by atoms with Crippen LogP contribution >= 0.6 is 0 Å². The SMILES string of the molecule is CCCCC1CC(NC2CC2)CN(CC(N)=O)C1. The van der Waals surface area contributed by atoms with Crippen LogP contribution in [0.1, 0.15) is 45.4 Å². The molecule has 0 aromatic rings. The van der Waals surface area contributed by atoms with Gasteiger partial charge < -0.3 is 11.1 Å². The highest BCUT2D eigenvalue weighted by atomic mass is 16.1. The predicted octanol–water partition coefficient (Wildman–Crippen LogP) is 1.10. The molecule has 0 aromatic heterocycles. The van der Waals surface area contributed by atoms with Gasteiger partial charge in [0.15, 0.2) is 0 Å². The maximum Gasteiger partial charge on any atom is 0.231 e. The largest absolute Gasteiger partial charge is 0.369 e. The van der Waals surface area contributed by atoms with Crippen molar-refractivity contribution in [2.45, 2.75) is 57.5 Å². The minimum absolute atomic E-state index is 0.198. The number of nitrogens with two attached hydrogens (primary N) is 1. The molecule has 0 bridgehead atoms. The number of carbonyl (C=O) groups is 1. The molecule has 3 N–H and O–H groups in total. The molecule has 2 aliphatic rings. The van der Waals surface area contributed by atoms with Crippen LogP contribution in [0.15, 0.2) is 0 Å². The zero-order valence-corrected chi connectivity index (χ0v) is 11.5. The third-order valence-corrected chi connectivity index (χ3v) is 4.01. The Morgan fingerprint density at radius 3 is 2.72 bits per heavy atom. The molecule has 1 saturated carbocycles. The van der Waals surface area contributed by atoms with Crippen molar-refractivity contribution < 1.29 is 4.79 Å². The third-order valence-electron chi connectivity index (χ3n) is 4.01. The van der Waals surface area contributed by atoms with E-state index >= 15 is 0 Å². The van der Waals surface area contributed by atoms with Gasteiger partial charge in [0.2, 0.25) is 5.91 Å². The van der Waals surface area contributed by atoms with E-state index in [1.807, 2.05) is 0 Å². The van der Waals surface area contributed by atoms with E-state index in [2.05, 4.69) is 17.1 Å². The summed E-state index contributed by atoms with van der Waals surface area (Å²) in [6.45, 7) is 4.70. The van der Waals surface area contributed by atoms with E-state index in [1.54, 1.807) is 0 Å². The topological polar surface area (TPSA) is 58.4 Å². The van der Waals surface area contributed by atoms with Crippen LogP contribution in [0.4, 0.5) is 0 Å². The van der Waals surface area contributed by atoms with Gasteiger partial charge in [0.25, 0.3) is 0 Å². The third kappa shape index (κ3) is 4.58. The smallest absolute Gasteiger partial charge is 0.231 e. The van der Waals surface area contributed by atoms with Crippen molar-refractivity contribution in [2.24, 2.45) is 11.7 Å². The summed E-state index contributed by atoms with van der Waals surface area (Å²) in [7, 11) is 0. The Balaban J connectivity index is 1.84. The normalized spacial score (nSPS) is 29.4. The minimum atomic E-state index is -0.198. The maximum atomic E-state index is 11.1. The first-order chi connectivity index (χ1) is 8.67. The summed E-state index contributed by atoms with van der Waals surface area (Å²) in [6.07, 6.45) is 7.76. The van der Waals surface area contributed by atoms with Crippen LogP contribution < -0.4 is 11.1 Å². The zero-order chi connectivity index (χ0) is 13.0. The monoisotopic (exact) mass is 253 g/mol. The molecule has 4 nitrogen and oxygen atoms in total. The molecule has 1 aliphatic heterocycles. The average Bonchev–Trinajstić information content (AvgIpc) is 3.09. The molecule has 1 aliphatic carbocycles. The first-order valence-corrected chi connectivity index (χ1v) is 7.44. The molecule has 1 saturated heterocycles. The summed E-state index contributed by atoms with van der Waals surface area (Å²) >= 11 is 0. The van der Waals surface area contributed by atoms with Gasteiger partial charge in [-0.15, -0.1) is 0 Å². The summed E-state index contributed by atoms with van der Waals surface area (Å²) in [5, 5.41) is 3.71. The number of hydrogen-bond acceptors (Lipinski definition) is 3. The lowest BCUT2D eigenvalue weighted by atomic mass is 9.90. The number of hydrogen-bond donors (Lipinski definition) is 2. The predicted molar refractivity (Wildman–Crippen MR) is 73.2 cm³/mol. The minimum Gasteiger partial charge on any atom is -0.369 e. The van der Waals surface area contributed by atoms with E-state index in [4.69, 9.17) is 5.73 Å². The van der Waals surface area contributed by atoms with Gasteiger partial charge in [-0.3, -0.25) is 9.69 Å². The van der Waals surface area contributed by atoms with E-state index in [9.17, 15) is 4.79 Å². The molecule has 0 radical (unpaired) electrons. The van der Waals surface area contributed by atoms with Crippen molar-refractivity contribution in [1.82, 2.24) is 10.2 Å². The number of rotatable bonds is 7. The fourth-order valence-corrected chi connectivity index (χ4v) is 3.06. The van der Waals surface area contributed by atoms with Crippen LogP contribution in [0, 0.1) is 5.92 Å². The van der Waals surface area contributed by atoms with Gasteiger partial charge >= 0.3 is 0 Å². The highest BCUT2D eigenvalue weighted by Gasteiger charge is 2.31. The van der Waals surface area contributed by atoms with Crippen molar-refractivity contribution in [3.63, 3.8) is 0 Å². The fourth-order valence-electron chi connectivity index (χ4n) is 3.06. The second-order valence-electron chi connectivity index (χ2n) is 6.04. The van der Waals surface area contributed by atoms with E-state index < -0.39 is 0 Å². The Labute approximate surface area is 110 Å². The van der Waals surface area contributed by atoms with Crippen LogP contribution in [-0.4, -0.2) is 42.5 Å². The number of piperidine rings is 1. The number of primary amides is 1. The highest BCUT2D eigenvalue weighted by Crippen LogP contribution is 2.26. The second kappa shape index (κ2) is 6.53. The lowest BCUT2D eigenvalue weighted by Crippen LogP contribution is -2.51. The van der Waals surface area contributed by atoms with Gasteiger partial charge in [-0.2, -0.15) is 0 Å². The Morgan fingerprint density at radius 1 is 1.33 bits per heavy atom. The van der Waals surface area contributed by atoms with Crippen molar-refractivity contribution >= 4 is 5.91 Å². The molecule has 2 unspecified atom stereocenters. The molecule has 1 amide bonds. The van der Waals surface area contributed by atoms with Crippen molar-refractivity contribution in [3.05, 3.63) is 0 Å². The Morgan fingerprint density at radius 2 is 2.11 bits per heavy atom. The van der Waals surface area contributed by atoms with E-state index in [-0.39, 0.29) is 5.91 Å². The number of amides is 1. The summed E-state index contributed by atoms with van der Waals surface area (Å²) in [4.78, 5) is 13.3. The molecular weight excluding hydrogens is 226 g/mol. The van der Waals surface area contributed by atoms with Crippen molar-refractivity contribution in [3.8, 4) is 0 Å². The van der Waals surface area contributed by atoms with Crippen LogP contribution in [0.2, 0.25) is 0 Å². The fraction of sp³-hybridized carbons (Fsp3) is 0.929. The van der Waals surface area contributed by atoms with Crippen molar-refractivity contribution in [1.29, 1.82) is 0 Å². The first-order valence-electron chi connectivity index (χ1n) is 7.44. The molecule has 4 heteroatoms. The summed E-state index contributed by atoms with van der Waals surface area (Å²) in [5.74, 6) is 0.533. The van der Waals surface area contributed by atoms with Gasteiger partial charge in [0, 0.05) is 25.2 Å². The molecular formula is C14H27N3O. The molecule has 2 fully saturated rings. The highest BCUT2D eigenvalue weighted by molar-refractivity contribution is 5.75. The Bertz CT molecular complexity index is 278. The first kappa shape index (κ1) is 13.8. The number of unbranched alkanes of at least 4 members (excludes halogenated alkanes) is 1. The van der Waals surface area contributed by atoms with Crippen molar-refractivity contribution in [2.75, 3.05) is 19.6 Å². The van der Waals surface area contributed by atoms with E-state index in [1.165, 1.54) is 38.5 Å². The van der Waals surface area contributed by atoms with E-state index in [0.717, 1.165) is 25.0 Å². The van der Waals surface area contributed by atoms with Gasteiger partial charge in [0.05, 0.1) is 6.54 Å². The number of nitrogens with one attached hydrogen (secondary N) is 1. The quantitative estimate of drug-likeness (QED) is 0.714. The van der Waals surface area contributed by atoms with Crippen LogP contribution in [0.5, 0.6) is 0 Å². The number of carbonyl (C=O) groups excluding carboxylic acids is 1. The number of likely N-dealkylation sites (tertiary alicyclic amines) is 1. The zero-order valence-electron chi connectivity index (χ0n) is 11.5. The molecule has 2 rings (SSSR count). The summed E-state index contributed by atoms with van der Waals surface area (Å²) in [6, 6.07) is 1.31. The summed E-state index contributed by atoms with van der Waals surface area (Å²) in [5.41, 5.74) is 5.33. The van der Waals surface area contributed by atoms with Gasteiger partial charge in [0.1, 0.15) is 0 Å². The Kier molecular flexibility index (Phi) is 5.01. The van der Waals surface area contributed by atoms with Crippen LogP contribution in [-0.2, 0) is 4.79 Å². The molecule has 104 valence electrons. The Hall–Kier alpha value is -0.610. The lowest BCUT2D eigenvalue weighted by molar-refractivity contribution is -0.119. The standard InChI is InChI=1S/C14H27N3O/c1-2-3-4-11-7-13(16-12-5-6-12)9-17(8-11)10-14(15)18/h11-13,16H,2-10H2,1H3,(H2,15,18). The average molecular weight is 253 g/mol. The van der Waals surface area contributed by atoms with Gasteiger partial charge in [-0.1, -0.05) is 19.8 Å². The van der Waals surface area contributed by atoms with Crippen LogP contribution in [0.25, 0.3) is 0 Å². The molecule has 0 aromatic carbocycles. The molecule has 1 heterocycles. The molecule has 0 spiro atoms. The molecule has 2 atom stereocenters. The van der Waals surface area contributed by atoms with Gasteiger partial charge in [-0.05, 0) is 31.6 Å². The van der Waals surface area contributed by atoms with E-state index in [0.29, 0.717) is 12.6 Å². The van der Waals surface area contributed by atoms with Gasteiger partial charge in [-0.25, -0.2) is 0 Å². The molecule has 18 heavy (non-hydrogen) atoms. The second-order valence-corrected chi connectivity index (χ2v) is 6.04. The maximum absolute atomic E-state index is 11.1. The van der Waals surface area contributed by atoms with Crippen LogP contribution in [0.3, 0.4) is 0 Å². The lowest BCUT2D eigenvalue weighted by Gasteiger charge is -2.38. The summed E-state index contributed by atoms with van der Waals surface area (Å²) < 4.78 is 0. The number of nitrogens with zero attached hydrogens (tertiary/aromatic N) is 1.